The fraction of sp³-hybridized carbons (Fsp3) is 0.333. The van der Waals surface area contributed by atoms with Crippen molar-refractivity contribution in [2.24, 2.45) is 0 Å². The van der Waals surface area contributed by atoms with Crippen LogP contribution in [0.5, 0.6) is 0 Å². The van der Waals surface area contributed by atoms with Gasteiger partial charge in [-0.1, -0.05) is 54.6 Å². The van der Waals surface area contributed by atoms with Gasteiger partial charge in [0, 0.05) is 25.2 Å². The number of nitrogens with zero attached hydrogens (tertiary/aromatic N) is 4. The minimum absolute atomic E-state index is 0.0900. The Bertz CT molecular complexity index is 1170. The molecule has 2 aliphatic heterocycles. The molecule has 5 rings (SSSR count). The average Bonchev–Trinajstić information content (AvgIpc) is 3.36. The summed E-state index contributed by atoms with van der Waals surface area (Å²) in [5.41, 5.74) is 3.03. The van der Waals surface area contributed by atoms with E-state index >= 15 is 0 Å². The van der Waals surface area contributed by atoms with Crippen LogP contribution < -0.4 is 5.56 Å². The molecule has 6 nitrogen and oxygen atoms in total. The van der Waals surface area contributed by atoms with E-state index in [9.17, 15) is 9.59 Å². The number of hydrogen-bond acceptors (Lipinski definition) is 4. The Morgan fingerprint density at radius 1 is 1.00 bits per heavy atom. The quantitative estimate of drug-likeness (QED) is 0.678. The molecule has 0 radical (unpaired) electrons. The number of carbonyl (C=O) groups is 1. The van der Waals surface area contributed by atoms with Crippen LogP contribution in [0.2, 0.25) is 0 Å². The van der Waals surface area contributed by atoms with E-state index in [0.717, 1.165) is 35.4 Å². The Labute approximate surface area is 175 Å². The summed E-state index contributed by atoms with van der Waals surface area (Å²) in [6.07, 6.45) is 2.06. The fourth-order valence-corrected chi connectivity index (χ4v) is 4.79. The van der Waals surface area contributed by atoms with Gasteiger partial charge in [-0.05, 0) is 30.9 Å². The molecule has 0 N–H and O–H groups in total. The molecule has 2 aromatic carbocycles. The third kappa shape index (κ3) is 3.03. The van der Waals surface area contributed by atoms with Crippen molar-refractivity contribution in [1.29, 1.82) is 0 Å². The van der Waals surface area contributed by atoms with E-state index in [0.29, 0.717) is 31.7 Å². The first-order chi connectivity index (χ1) is 14.6. The molecule has 2 aliphatic rings. The van der Waals surface area contributed by atoms with Gasteiger partial charge < -0.3 is 4.90 Å². The molecule has 1 saturated heterocycles. The van der Waals surface area contributed by atoms with Crippen LogP contribution in [0.25, 0.3) is 11.3 Å². The van der Waals surface area contributed by atoms with E-state index in [1.54, 1.807) is 4.57 Å². The van der Waals surface area contributed by atoms with Gasteiger partial charge in [-0.2, -0.15) is 0 Å². The standard InChI is InChI=1S/C24H24N4O2/c1-17-7-5-6-10-19(17)15-20(29)27-13-11-24(16-27)12-14-28-22(30)21(25-26-23(24)28)18-8-3-2-4-9-18/h2-10H,11-16H2,1H3. The average molecular weight is 400 g/mol. The Hall–Kier alpha value is -3.28. The highest BCUT2D eigenvalue weighted by atomic mass is 16.2. The zero-order valence-corrected chi connectivity index (χ0v) is 17.0. The molecular formula is C24H24N4O2. The number of hydrogen-bond donors (Lipinski definition) is 0. The number of likely N-dealkylation sites (tertiary alicyclic amines) is 1. The minimum Gasteiger partial charge on any atom is -0.341 e. The lowest BCUT2D eigenvalue weighted by molar-refractivity contribution is -0.129. The molecule has 0 aliphatic carbocycles. The monoisotopic (exact) mass is 400 g/mol. The smallest absolute Gasteiger partial charge is 0.280 e. The summed E-state index contributed by atoms with van der Waals surface area (Å²) < 4.78 is 1.77. The van der Waals surface area contributed by atoms with Crippen LogP contribution in [0, 0.1) is 6.92 Å². The number of fused-ring (bicyclic) bond motifs is 2. The van der Waals surface area contributed by atoms with E-state index < -0.39 is 0 Å². The molecule has 3 aromatic rings. The second-order valence-corrected chi connectivity index (χ2v) is 8.39. The number of rotatable bonds is 3. The number of aryl methyl sites for hydroxylation is 1. The van der Waals surface area contributed by atoms with Gasteiger partial charge in [-0.15, -0.1) is 10.2 Å². The Morgan fingerprint density at radius 2 is 1.73 bits per heavy atom. The van der Waals surface area contributed by atoms with E-state index in [-0.39, 0.29) is 16.9 Å². The molecule has 6 heteroatoms. The van der Waals surface area contributed by atoms with Gasteiger partial charge in [-0.25, -0.2) is 0 Å². The summed E-state index contributed by atoms with van der Waals surface area (Å²) in [6, 6.07) is 17.5. The molecular weight excluding hydrogens is 376 g/mol. The Kier molecular flexibility index (Phi) is 4.50. The molecule has 1 atom stereocenters. The molecule has 0 saturated carbocycles. The number of aromatic nitrogens is 3. The largest absolute Gasteiger partial charge is 0.341 e. The van der Waals surface area contributed by atoms with Crippen LogP contribution in [0.1, 0.15) is 29.8 Å². The van der Waals surface area contributed by atoms with Crippen molar-refractivity contribution < 1.29 is 4.79 Å². The predicted octanol–water partition coefficient (Wildman–Crippen LogP) is 2.73. The highest BCUT2D eigenvalue weighted by Crippen LogP contribution is 2.40. The Morgan fingerprint density at radius 3 is 2.53 bits per heavy atom. The molecule has 0 bridgehead atoms. The van der Waals surface area contributed by atoms with Crippen molar-refractivity contribution >= 4 is 5.91 Å². The highest BCUT2D eigenvalue weighted by Gasteiger charge is 2.48. The van der Waals surface area contributed by atoms with Crippen LogP contribution >= 0.6 is 0 Å². The van der Waals surface area contributed by atoms with Crippen molar-refractivity contribution in [2.45, 2.75) is 38.1 Å². The summed E-state index contributed by atoms with van der Waals surface area (Å²) in [6.45, 7) is 3.97. The van der Waals surface area contributed by atoms with Crippen LogP contribution in [0.3, 0.4) is 0 Å². The van der Waals surface area contributed by atoms with Gasteiger partial charge in [0.25, 0.3) is 5.56 Å². The molecule has 3 heterocycles. The lowest BCUT2D eigenvalue weighted by Gasteiger charge is -2.23. The van der Waals surface area contributed by atoms with Crippen LogP contribution in [-0.2, 0) is 23.2 Å². The first-order valence-electron chi connectivity index (χ1n) is 10.4. The molecule has 152 valence electrons. The van der Waals surface area contributed by atoms with Crippen molar-refractivity contribution in [3.63, 3.8) is 0 Å². The van der Waals surface area contributed by atoms with E-state index in [4.69, 9.17) is 0 Å². The van der Waals surface area contributed by atoms with E-state index in [1.165, 1.54) is 0 Å². The maximum Gasteiger partial charge on any atom is 0.280 e. The molecule has 30 heavy (non-hydrogen) atoms. The second kappa shape index (κ2) is 7.20. The first kappa shape index (κ1) is 18.7. The predicted molar refractivity (Wildman–Crippen MR) is 114 cm³/mol. The van der Waals surface area contributed by atoms with Gasteiger partial charge in [0.2, 0.25) is 5.91 Å². The van der Waals surface area contributed by atoms with Gasteiger partial charge in [0.1, 0.15) is 5.82 Å². The van der Waals surface area contributed by atoms with Gasteiger partial charge in [-0.3, -0.25) is 14.2 Å². The lowest BCUT2D eigenvalue weighted by Crippen LogP contribution is -2.36. The van der Waals surface area contributed by atoms with Crippen LogP contribution in [-0.4, -0.2) is 38.7 Å². The zero-order valence-electron chi connectivity index (χ0n) is 17.0. The lowest BCUT2D eigenvalue weighted by atomic mass is 9.85. The first-order valence-corrected chi connectivity index (χ1v) is 10.4. The van der Waals surface area contributed by atoms with Crippen molar-refractivity contribution in [1.82, 2.24) is 19.7 Å². The summed E-state index contributed by atoms with van der Waals surface area (Å²) in [5.74, 6) is 0.870. The summed E-state index contributed by atoms with van der Waals surface area (Å²) in [4.78, 5) is 28.0. The maximum atomic E-state index is 13.1. The topological polar surface area (TPSA) is 68.1 Å². The Balaban J connectivity index is 1.40. The van der Waals surface area contributed by atoms with Crippen molar-refractivity contribution in [3.8, 4) is 11.3 Å². The number of carbonyl (C=O) groups excluding carboxylic acids is 1. The van der Waals surface area contributed by atoms with Gasteiger partial charge >= 0.3 is 0 Å². The summed E-state index contributed by atoms with van der Waals surface area (Å²) >= 11 is 0. The summed E-state index contributed by atoms with van der Waals surface area (Å²) in [7, 11) is 0. The van der Waals surface area contributed by atoms with Crippen molar-refractivity contribution in [3.05, 3.63) is 81.9 Å². The summed E-state index contributed by atoms with van der Waals surface area (Å²) in [5, 5.41) is 8.80. The van der Waals surface area contributed by atoms with Crippen LogP contribution in [0.4, 0.5) is 0 Å². The third-order valence-corrected chi connectivity index (χ3v) is 6.59. The fourth-order valence-electron chi connectivity index (χ4n) is 4.79. The normalized spacial score (nSPS) is 20.0. The molecule has 1 fully saturated rings. The van der Waals surface area contributed by atoms with Crippen molar-refractivity contribution in [2.75, 3.05) is 13.1 Å². The molecule has 1 unspecified atom stereocenters. The molecule has 1 amide bonds. The number of benzene rings is 2. The van der Waals surface area contributed by atoms with Gasteiger partial charge in [0.05, 0.1) is 11.8 Å². The third-order valence-electron chi connectivity index (χ3n) is 6.59. The van der Waals surface area contributed by atoms with E-state index in [2.05, 4.69) is 10.2 Å². The minimum atomic E-state index is -0.261. The van der Waals surface area contributed by atoms with Gasteiger partial charge in [0.15, 0.2) is 5.69 Å². The van der Waals surface area contributed by atoms with Crippen LogP contribution in [0.15, 0.2) is 59.4 Å². The second-order valence-electron chi connectivity index (χ2n) is 8.39. The SMILES string of the molecule is Cc1ccccc1CC(=O)N1CCC2(CCn3c2nnc(-c2ccccc2)c3=O)C1. The molecule has 1 spiro atoms. The maximum absolute atomic E-state index is 13.1. The zero-order chi connectivity index (χ0) is 20.7. The number of amides is 1. The molecule has 1 aromatic heterocycles. The highest BCUT2D eigenvalue weighted by molar-refractivity contribution is 5.79. The van der Waals surface area contributed by atoms with E-state index in [1.807, 2.05) is 66.4 Å².